The molecule has 0 saturated carbocycles. The lowest BCUT2D eigenvalue weighted by molar-refractivity contribution is 0.239. The van der Waals surface area contributed by atoms with E-state index in [4.69, 9.17) is 14.2 Å². The molecule has 1 atom stereocenters. The molecule has 2 aromatic rings. The van der Waals surface area contributed by atoms with Gasteiger partial charge in [-0.2, -0.15) is 0 Å². The van der Waals surface area contributed by atoms with Crippen LogP contribution in [0, 0.1) is 0 Å². The van der Waals surface area contributed by atoms with Crippen LogP contribution in [0.25, 0.3) is 0 Å². The van der Waals surface area contributed by atoms with Crippen LogP contribution in [0.5, 0.6) is 17.2 Å². The van der Waals surface area contributed by atoms with Crippen molar-refractivity contribution in [2.45, 2.75) is 11.2 Å². The molecule has 1 heterocycles. The van der Waals surface area contributed by atoms with Gasteiger partial charge in [-0.1, -0.05) is 46.3 Å². The molecule has 1 aliphatic heterocycles. The van der Waals surface area contributed by atoms with Gasteiger partial charge in [0.05, 0.1) is 26.2 Å². The van der Waals surface area contributed by atoms with Gasteiger partial charge in [-0.15, -0.1) is 0 Å². The maximum absolute atomic E-state index is 6.06. The molecule has 0 bridgehead atoms. The Hall–Kier alpha value is -1.68. The monoisotopic (exact) mass is 348 g/mol. The molecule has 0 N–H and O–H groups in total. The Balaban J connectivity index is 1.77. The Morgan fingerprint density at radius 1 is 1.19 bits per heavy atom. The summed E-state index contributed by atoms with van der Waals surface area (Å²) in [6.07, 6.45) is 0. The van der Waals surface area contributed by atoms with E-state index in [1.807, 2.05) is 36.4 Å². The fraction of sp³-hybridized carbons (Fsp3) is 0.294. The molecule has 1 aliphatic rings. The summed E-state index contributed by atoms with van der Waals surface area (Å²) in [5.41, 5.74) is 2.30. The summed E-state index contributed by atoms with van der Waals surface area (Å²) in [7, 11) is 1.66. The van der Waals surface area contributed by atoms with Crippen molar-refractivity contribution < 1.29 is 14.2 Å². The van der Waals surface area contributed by atoms with E-state index in [0.717, 1.165) is 28.1 Å². The number of benzene rings is 2. The van der Waals surface area contributed by atoms with Crippen molar-refractivity contribution in [1.82, 2.24) is 0 Å². The number of para-hydroxylation sites is 2. The molecule has 110 valence electrons. The number of fused-ring (bicyclic) bond motifs is 1. The SMILES string of the molecule is COc1cccc(CBr)c1OCC1COc2ccccc21. The van der Waals surface area contributed by atoms with Gasteiger partial charge in [0.1, 0.15) is 5.75 Å². The highest BCUT2D eigenvalue weighted by Gasteiger charge is 2.25. The summed E-state index contributed by atoms with van der Waals surface area (Å²) in [6.45, 7) is 1.25. The highest BCUT2D eigenvalue weighted by Crippen LogP contribution is 2.36. The van der Waals surface area contributed by atoms with Gasteiger partial charge in [-0.05, 0) is 12.1 Å². The largest absolute Gasteiger partial charge is 0.493 e. The van der Waals surface area contributed by atoms with Crippen molar-refractivity contribution in [2.75, 3.05) is 20.3 Å². The Morgan fingerprint density at radius 2 is 2.05 bits per heavy atom. The Morgan fingerprint density at radius 3 is 2.86 bits per heavy atom. The number of halogens is 1. The molecule has 0 amide bonds. The molecule has 4 heteroatoms. The molecular weight excluding hydrogens is 332 g/mol. The molecule has 2 aromatic carbocycles. The molecule has 0 fully saturated rings. The summed E-state index contributed by atoms with van der Waals surface area (Å²) in [6, 6.07) is 14.0. The molecule has 3 nitrogen and oxygen atoms in total. The van der Waals surface area contributed by atoms with Crippen molar-refractivity contribution in [1.29, 1.82) is 0 Å². The predicted octanol–water partition coefficient (Wildman–Crippen LogP) is 4.15. The van der Waals surface area contributed by atoms with Gasteiger partial charge in [-0.25, -0.2) is 0 Å². The van der Waals surface area contributed by atoms with Gasteiger partial charge in [0.15, 0.2) is 11.5 Å². The van der Waals surface area contributed by atoms with Gasteiger partial charge in [0.2, 0.25) is 0 Å². The third kappa shape index (κ3) is 2.86. The zero-order chi connectivity index (χ0) is 14.7. The van der Waals surface area contributed by atoms with Crippen LogP contribution >= 0.6 is 15.9 Å². The van der Waals surface area contributed by atoms with Gasteiger partial charge in [0, 0.05) is 16.5 Å². The van der Waals surface area contributed by atoms with E-state index < -0.39 is 0 Å². The van der Waals surface area contributed by atoms with E-state index in [0.29, 0.717) is 13.2 Å². The maximum atomic E-state index is 6.06. The fourth-order valence-electron chi connectivity index (χ4n) is 2.54. The minimum absolute atomic E-state index is 0.259. The number of methoxy groups -OCH3 is 1. The molecule has 0 aliphatic carbocycles. The lowest BCUT2D eigenvalue weighted by atomic mass is 10.0. The number of alkyl halides is 1. The van der Waals surface area contributed by atoms with Crippen LogP contribution in [0.15, 0.2) is 42.5 Å². The van der Waals surface area contributed by atoms with Crippen LogP contribution in [0.1, 0.15) is 17.0 Å². The van der Waals surface area contributed by atoms with Gasteiger partial charge in [-0.3, -0.25) is 0 Å². The van der Waals surface area contributed by atoms with E-state index in [1.165, 1.54) is 5.56 Å². The van der Waals surface area contributed by atoms with Crippen LogP contribution in [-0.4, -0.2) is 20.3 Å². The molecule has 0 aromatic heterocycles. The van der Waals surface area contributed by atoms with Gasteiger partial charge in [0.25, 0.3) is 0 Å². The average molecular weight is 349 g/mol. The predicted molar refractivity (Wildman–Crippen MR) is 85.8 cm³/mol. The number of hydrogen-bond acceptors (Lipinski definition) is 3. The van der Waals surface area contributed by atoms with E-state index in [2.05, 4.69) is 22.0 Å². The third-order valence-corrected chi connectivity index (χ3v) is 4.26. The highest BCUT2D eigenvalue weighted by molar-refractivity contribution is 9.08. The van der Waals surface area contributed by atoms with E-state index in [-0.39, 0.29) is 5.92 Å². The Bertz CT molecular complexity index is 605. The molecule has 0 saturated heterocycles. The topological polar surface area (TPSA) is 27.7 Å². The summed E-state index contributed by atoms with van der Waals surface area (Å²) in [5, 5.41) is 0.733. The maximum Gasteiger partial charge on any atom is 0.165 e. The molecule has 3 rings (SSSR count). The Labute approximate surface area is 133 Å². The third-order valence-electron chi connectivity index (χ3n) is 3.65. The summed E-state index contributed by atoms with van der Waals surface area (Å²) >= 11 is 3.49. The number of hydrogen-bond donors (Lipinski definition) is 0. The first kappa shape index (κ1) is 14.3. The van der Waals surface area contributed by atoms with Crippen molar-refractivity contribution in [3.8, 4) is 17.2 Å². The van der Waals surface area contributed by atoms with Crippen molar-refractivity contribution >= 4 is 15.9 Å². The molecule has 0 spiro atoms. The average Bonchev–Trinajstić information content (AvgIpc) is 2.95. The minimum atomic E-state index is 0.259. The second-order valence-corrected chi connectivity index (χ2v) is 5.50. The summed E-state index contributed by atoms with van der Waals surface area (Å²) in [4.78, 5) is 0. The molecule has 21 heavy (non-hydrogen) atoms. The van der Waals surface area contributed by atoms with Crippen molar-refractivity contribution in [2.24, 2.45) is 0 Å². The number of ether oxygens (including phenoxy) is 3. The lowest BCUT2D eigenvalue weighted by Gasteiger charge is -2.16. The first-order chi connectivity index (χ1) is 10.3. The van der Waals surface area contributed by atoms with E-state index in [1.54, 1.807) is 7.11 Å². The van der Waals surface area contributed by atoms with Crippen LogP contribution in [0.2, 0.25) is 0 Å². The van der Waals surface area contributed by atoms with Crippen LogP contribution in [0.3, 0.4) is 0 Å². The van der Waals surface area contributed by atoms with E-state index in [9.17, 15) is 0 Å². The second kappa shape index (κ2) is 6.39. The fourth-order valence-corrected chi connectivity index (χ4v) is 2.98. The van der Waals surface area contributed by atoms with Crippen LogP contribution < -0.4 is 14.2 Å². The lowest BCUT2D eigenvalue weighted by Crippen LogP contribution is -2.12. The quantitative estimate of drug-likeness (QED) is 0.759. The van der Waals surface area contributed by atoms with Gasteiger partial charge < -0.3 is 14.2 Å². The van der Waals surface area contributed by atoms with Crippen molar-refractivity contribution in [3.05, 3.63) is 53.6 Å². The van der Waals surface area contributed by atoms with Crippen molar-refractivity contribution in [3.63, 3.8) is 0 Å². The molecular formula is C17H17BrO3. The summed E-state index contributed by atoms with van der Waals surface area (Å²) in [5.74, 6) is 2.79. The van der Waals surface area contributed by atoms with Crippen LogP contribution in [-0.2, 0) is 5.33 Å². The van der Waals surface area contributed by atoms with Crippen LogP contribution in [0.4, 0.5) is 0 Å². The van der Waals surface area contributed by atoms with Gasteiger partial charge >= 0.3 is 0 Å². The highest BCUT2D eigenvalue weighted by atomic mass is 79.9. The zero-order valence-corrected chi connectivity index (χ0v) is 13.4. The summed E-state index contributed by atoms with van der Waals surface area (Å²) < 4.78 is 17.1. The minimum Gasteiger partial charge on any atom is -0.493 e. The molecule has 0 radical (unpaired) electrons. The number of rotatable bonds is 5. The Kier molecular flexibility index (Phi) is 4.34. The zero-order valence-electron chi connectivity index (χ0n) is 11.8. The van der Waals surface area contributed by atoms with E-state index >= 15 is 0 Å². The molecule has 1 unspecified atom stereocenters. The smallest absolute Gasteiger partial charge is 0.165 e. The standard InChI is InChI=1S/C17H17BrO3/c1-19-16-8-4-5-12(9-18)17(16)21-11-13-10-20-15-7-3-2-6-14(13)15/h2-8,13H,9-11H2,1H3. The first-order valence-electron chi connectivity index (χ1n) is 6.90. The first-order valence-corrected chi connectivity index (χ1v) is 8.02. The normalized spacial score (nSPS) is 16.2. The second-order valence-electron chi connectivity index (χ2n) is 4.94.